The third-order valence-corrected chi connectivity index (χ3v) is 3.51. The summed E-state index contributed by atoms with van der Waals surface area (Å²) in [6.45, 7) is 2.05. The Morgan fingerprint density at radius 2 is 2.12 bits per heavy atom. The van der Waals surface area contributed by atoms with Crippen LogP contribution in [0.15, 0.2) is 18.5 Å². The maximum Gasteiger partial charge on any atom is 0.220 e. The summed E-state index contributed by atoms with van der Waals surface area (Å²) in [5.74, 6) is -0.0740. The molecule has 0 saturated heterocycles. The van der Waals surface area contributed by atoms with Crippen molar-refractivity contribution in [1.82, 2.24) is 4.98 Å². The number of hydrogen-bond acceptors (Lipinski definition) is 3. The van der Waals surface area contributed by atoms with E-state index in [2.05, 4.69) is 10.3 Å². The van der Waals surface area contributed by atoms with E-state index in [1.54, 1.807) is 6.20 Å². The first-order valence-electron chi connectivity index (χ1n) is 6.13. The van der Waals surface area contributed by atoms with E-state index in [1.807, 2.05) is 19.2 Å². The standard InChI is InChI=1S/C13H19N3O/c1-9-8-15-7-6-12(9)16-11-4-2-10(3-5-11)13(14)17/h6-8,10-11H,2-5H2,1H3,(H2,14,17)(H,15,16). The van der Waals surface area contributed by atoms with Gasteiger partial charge in [-0.3, -0.25) is 9.78 Å². The molecular formula is C13H19N3O. The van der Waals surface area contributed by atoms with Crippen LogP contribution in [-0.4, -0.2) is 16.9 Å². The topological polar surface area (TPSA) is 68.0 Å². The molecule has 0 bridgehead atoms. The molecule has 1 amide bonds. The predicted molar refractivity (Wildman–Crippen MR) is 67.5 cm³/mol. The number of aryl methyl sites for hydroxylation is 1. The average molecular weight is 233 g/mol. The number of amides is 1. The SMILES string of the molecule is Cc1cnccc1NC1CCC(C(N)=O)CC1. The third-order valence-electron chi connectivity index (χ3n) is 3.51. The van der Waals surface area contributed by atoms with Crippen LogP contribution >= 0.6 is 0 Å². The van der Waals surface area contributed by atoms with Gasteiger partial charge in [-0.2, -0.15) is 0 Å². The summed E-state index contributed by atoms with van der Waals surface area (Å²) < 4.78 is 0. The van der Waals surface area contributed by atoms with Crippen molar-refractivity contribution in [3.63, 3.8) is 0 Å². The predicted octanol–water partition coefficient (Wildman–Crippen LogP) is 1.85. The second kappa shape index (κ2) is 5.17. The Morgan fingerprint density at radius 3 is 2.71 bits per heavy atom. The number of carbonyl (C=O) groups excluding carboxylic acids is 1. The number of hydrogen-bond donors (Lipinski definition) is 2. The average Bonchev–Trinajstić information content (AvgIpc) is 2.33. The number of nitrogens with zero attached hydrogens (tertiary/aromatic N) is 1. The fourth-order valence-corrected chi connectivity index (χ4v) is 2.38. The van der Waals surface area contributed by atoms with E-state index < -0.39 is 0 Å². The van der Waals surface area contributed by atoms with Gasteiger partial charge in [0.25, 0.3) is 0 Å². The first kappa shape index (κ1) is 11.9. The molecule has 0 aliphatic heterocycles. The van der Waals surface area contributed by atoms with Crippen LogP contribution in [-0.2, 0) is 4.79 Å². The molecule has 1 saturated carbocycles. The number of primary amides is 1. The second-order valence-corrected chi connectivity index (χ2v) is 4.79. The summed E-state index contributed by atoms with van der Waals surface area (Å²) in [6.07, 6.45) is 7.47. The molecule has 17 heavy (non-hydrogen) atoms. The van der Waals surface area contributed by atoms with Gasteiger partial charge in [0.1, 0.15) is 0 Å². The Hall–Kier alpha value is -1.58. The largest absolute Gasteiger partial charge is 0.382 e. The van der Waals surface area contributed by atoms with Crippen LogP contribution in [0.5, 0.6) is 0 Å². The normalized spacial score (nSPS) is 24.3. The third kappa shape index (κ3) is 2.96. The van der Waals surface area contributed by atoms with Crippen LogP contribution in [0, 0.1) is 12.8 Å². The van der Waals surface area contributed by atoms with Gasteiger partial charge in [-0.25, -0.2) is 0 Å². The number of pyridine rings is 1. The van der Waals surface area contributed by atoms with Gasteiger partial charge in [0.15, 0.2) is 0 Å². The van der Waals surface area contributed by atoms with Crippen LogP contribution in [0.3, 0.4) is 0 Å². The molecule has 0 atom stereocenters. The van der Waals surface area contributed by atoms with Crippen LogP contribution in [0.1, 0.15) is 31.2 Å². The number of rotatable bonds is 3. The fourth-order valence-electron chi connectivity index (χ4n) is 2.38. The highest BCUT2D eigenvalue weighted by molar-refractivity contribution is 5.76. The lowest BCUT2D eigenvalue weighted by atomic mass is 9.85. The molecule has 4 heteroatoms. The highest BCUT2D eigenvalue weighted by Gasteiger charge is 2.24. The molecule has 3 N–H and O–H groups in total. The Labute approximate surface area is 102 Å². The smallest absolute Gasteiger partial charge is 0.220 e. The molecule has 1 heterocycles. The van der Waals surface area contributed by atoms with Crippen LogP contribution in [0.2, 0.25) is 0 Å². The number of aromatic nitrogens is 1. The summed E-state index contributed by atoms with van der Waals surface area (Å²) in [7, 11) is 0. The minimum Gasteiger partial charge on any atom is -0.382 e. The molecule has 1 aliphatic carbocycles. The highest BCUT2D eigenvalue weighted by atomic mass is 16.1. The van der Waals surface area contributed by atoms with Gasteiger partial charge in [-0.1, -0.05) is 0 Å². The quantitative estimate of drug-likeness (QED) is 0.837. The van der Waals surface area contributed by atoms with E-state index in [9.17, 15) is 4.79 Å². The summed E-state index contributed by atoms with van der Waals surface area (Å²) >= 11 is 0. The zero-order chi connectivity index (χ0) is 12.3. The lowest BCUT2D eigenvalue weighted by Crippen LogP contribution is -2.32. The van der Waals surface area contributed by atoms with Crippen molar-refractivity contribution in [1.29, 1.82) is 0 Å². The molecule has 1 aromatic rings. The van der Waals surface area contributed by atoms with Gasteiger partial charge in [-0.05, 0) is 44.2 Å². The molecular weight excluding hydrogens is 214 g/mol. The fraction of sp³-hybridized carbons (Fsp3) is 0.538. The van der Waals surface area contributed by atoms with Gasteiger partial charge in [0, 0.05) is 30.0 Å². The first-order chi connectivity index (χ1) is 8.16. The molecule has 2 rings (SSSR count). The number of nitrogens with one attached hydrogen (secondary N) is 1. The van der Waals surface area contributed by atoms with Gasteiger partial charge in [0.05, 0.1) is 0 Å². The van der Waals surface area contributed by atoms with Crippen molar-refractivity contribution in [2.24, 2.45) is 11.7 Å². The van der Waals surface area contributed by atoms with Crippen LogP contribution < -0.4 is 11.1 Å². The van der Waals surface area contributed by atoms with Crippen molar-refractivity contribution < 1.29 is 4.79 Å². The maximum absolute atomic E-state index is 11.1. The number of nitrogens with two attached hydrogens (primary N) is 1. The van der Waals surface area contributed by atoms with E-state index >= 15 is 0 Å². The van der Waals surface area contributed by atoms with E-state index in [1.165, 1.54) is 0 Å². The summed E-state index contributed by atoms with van der Waals surface area (Å²) in [5.41, 5.74) is 7.62. The monoisotopic (exact) mass is 233 g/mol. The number of carbonyl (C=O) groups is 1. The van der Waals surface area contributed by atoms with E-state index in [-0.39, 0.29) is 11.8 Å². The van der Waals surface area contributed by atoms with E-state index in [0.29, 0.717) is 6.04 Å². The van der Waals surface area contributed by atoms with Crippen molar-refractivity contribution in [3.05, 3.63) is 24.0 Å². The maximum atomic E-state index is 11.1. The summed E-state index contributed by atoms with van der Waals surface area (Å²) in [4.78, 5) is 15.1. The molecule has 0 aromatic carbocycles. The Morgan fingerprint density at radius 1 is 1.41 bits per heavy atom. The minimum absolute atomic E-state index is 0.0755. The van der Waals surface area contributed by atoms with Gasteiger partial charge >= 0.3 is 0 Å². The molecule has 1 aromatic heterocycles. The molecule has 92 valence electrons. The minimum atomic E-state index is -0.149. The Balaban J connectivity index is 1.90. The lowest BCUT2D eigenvalue weighted by Gasteiger charge is -2.28. The van der Waals surface area contributed by atoms with Gasteiger partial charge in [0.2, 0.25) is 5.91 Å². The zero-order valence-electron chi connectivity index (χ0n) is 10.1. The Bertz CT molecular complexity index is 397. The molecule has 0 radical (unpaired) electrons. The Kier molecular flexibility index (Phi) is 3.61. The van der Waals surface area contributed by atoms with Crippen molar-refractivity contribution >= 4 is 11.6 Å². The van der Waals surface area contributed by atoms with Gasteiger partial charge in [-0.15, -0.1) is 0 Å². The second-order valence-electron chi connectivity index (χ2n) is 4.79. The van der Waals surface area contributed by atoms with Crippen LogP contribution in [0.4, 0.5) is 5.69 Å². The number of anilines is 1. The van der Waals surface area contributed by atoms with Crippen molar-refractivity contribution in [2.75, 3.05) is 5.32 Å². The van der Waals surface area contributed by atoms with Crippen molar-refractivity contribution in [3.8, 4) is 0 Å². The lowest BCUT2D eigenvalue weighted by molar-refractivity contribution is -0.122. The molecule has 1 fully saturated rings. The summed E-state index contributed by atoms with van der Waals surface area (Å²) in [6, 6.07) is 2.45. The van der Waals surface area contributed by atoms with Crippen molar-refractivity contribution in [2.45, 2.75) is 38.6 Å². The summed E-state index contributed by atoms with van der Waals surface area (Å²) in [5, 5.41) is 3.52. The van der Waals surface area contributed by atoms with Gasteiger partial charge < -0.3 is 11.1 Å². The highest BCUT2D eigenvalue weighted by Crippen LogP contribution is 2.27. The molecule has 0 spiro atoms. The zero-order valence-corrected chi connectivity index (χ0v) is 10.1. The molecule has 0 unspecified atom stereocenters. The molecule has 1 aliphatic rings. The molecule has 4 nitrogen and oxygen atoms in total. The van der Waals surface area contributed by atoms with E-state index in [0.717, 1.165) is 36.9 Å². The first-order valence-corrected chi connectivity index (χ1v) is 6.13. The van der Waals surface area contributed by atoms with E-state index in [4.69, 9.17) is 5.73 Å². The van der Waals surface area contributed by atoms with Crippen LogP contribution in [0.25, 0.3) is 0 Å².